The van der Waals surface area contributed by atoms with Gasteiger partial charge in [0.2, 0.25) is 0 Å². The number of benzene rings is 1. The van der Waals surface area contributed by atoms with Crippen LogP contribution in [0.3, 0.4) is 0 Å². The summed E-state index contributed by atoms with van der Waals surface area (Å²) in [5, 5.41) is 0. The van der Waals surface area contributed by atoms with Gasteiger partial charge in [0.1, 0.15) is 0 Å². The van der Waals surface area contributed by atoms with Crippen molar-refractivity contribution in [1.82, 2.24) is 9.80 Å². The molecule has 4 saturated carbocycles. The van der Waals surface area contributed by atoms with Gasteiger partial charge in [-0.25, -0.2) is 0 Å². The number of rotatable bonds is 7. The van der Waals surface area contributed by atoms with Crippen molar-refractivity contribution in [3.63, 3.8) is 0 Å². The highest BCUT2D eigenvalue weighted by Crippen LogP contribution is 2.65. The average molecular weight is 381 g/mol. The van der Waals surface area contributed by atoms with Gasteiger partial charge in [-0.15, -0.1) is 0 Å². The van der Waals surface area contributed by atoms with Gasteiger partial charge in [-0.3, -0.25) is 0 Å². The smallest absolute Gasteiger partial charge is 0.0110 e. The SMILES string of the molecule is CN1CCN(CCCCC(c2ccccc2)C23CC4CC(CC(C4)C2)C3)CC1. The molecular weight excluding hydrogens is 340 g/mol. The Morgan fingerprint density at radius 2 is 1.46 bits per heavy atom. The third kappa shape index (κ3) is 3.92. The molecule has 2 nitrogen and oxygen atoms in total. The second kappa shape index (κ2) is 8.11. The molecule has 1 aliphatic heterocycles. The Kier molecular flexibility index (Phi) is 5.54. The predicted octanol–water partition coefficient (Wildman–Crippen LogP) is 5.40. The van der Waals surface area contributed by atoms with E-state index in [1.165, 1.54) is 71.2 Å². The lowest BCUT2D eigenvalue weighted by molar-refractivity contribution is -0.0705. The van der Waals surface area contributed by atoms with E-state index >= 15 is 0 Å². The molecule has 1 unspecified atom stereocenters. The van der Waals surface area contributed by atoms with Gasteiger partial charge in [0.15, 0.2) is 0 Å². The van der Waals surface area contributed by atoms with Crippen LogP contribution in [0.1, 0.15) is 69.3 Å². The third-order valence-corrected chi connectivity index (χ3v) is 8.84. The summed E-state index contributed by atoms with van der Waals surface area (Å²) in [5.74, 6) is 3.99. The van der Waals surface area contributed by atoms with Crippen molar-refractivity contribution >= 4 is 0 Å². The van der Waals surface area contributed by atoms with Crippen LogP contribution in [0.5, 0.6) is 0 Å². The summed E-state index contributed by atoms with van der Waals surface area (Å²) in [6.07, 6.45) is 13.5. The predicted molar refractivity (Wildman–Crippen MR) is 118 cm³/mol. The highest BCUT2D eigenvalue weighted by Gasteiger charge is 2.54. The molecular formula is C26H40N2. The molecule has 0 aromatic heterocycles. The highest BCUT2D eigenvalue weighted by molar-refractivity contribution is 5.24. The molecule has 1 heterocycles. The molecule has 4 aliphatic carbocycles. The monoisotopic (exact) mass is 380 g/mol. The van der Waals surface area contributed by atoms with Crippen LogP contribution in [0.15, 0.2) is 30.3 Å². The van der Waals surface area contributed by atoms with Crippen LogP contribution in [0, 0.1) is 23.2 Å². The van der Waals surface area contributed by atoms with Crippen LogP contribution in [-0.4, -0.2) is 49.6 Å². The molecule has 0 spiro atoms. The van der Waals surface area contributed by atoms with E-state index in [-0.39, 0.29) is 0 Å². The van der Waals surface area contributed by atoms with E-state index in [1.807, 2.05) is 0 Å². The van der Waals surface area contributed by atoms with E-state index < -0.39 is 0 Å². The molecule has 0 amide bonds. The van der Waals surface area contributed by atoms with E-state index in [0.29, 0.717) is 5.41 Å². The standard InChI is InChI=1S/C26H40N2/c1-27-11-13-28(14-12-27)10-6-5-9-25(24-7-3-2-4-8-24)26-18-21-15-22(19-26)17-23(16-21)20-26/h2-4,7-8,21-23,25H,5-6,9-20H2,1H3. The first-order valence-electron chi connectivity index (χ1n) is 12.2. The van der Waals surface area contributed by atoms with Crippen LogP contribution in [-0.2, 0) is 0 Å². The zero-order chi connectivity index (χ0) is 19.0. The number of piperazine rings is 1. The minimum absolute atomic E-state index is 0.643. The summed E-state index contributed by atoms with van der Waals surface area (Å²) in [6, 6.07) is 11.7. The first-order valence-corrected chi connectivity index (χ1v) is 12.2. The van der Waals surface area contributed by atoms with Crippen molar-refractivity contribution in [2.24, 2.45) is 23.2 Å². The zero-order valence-corrected chi connectivity index (χ0v) is 18.0. The van der Waals surface area contributed by atoms with Crippen LogP contribution >= 0.6 is 0 Å². The molecule has 1 aromatic carbocycles. The summed E-state index contributed by atoms with van der Waals surface area (Å²) >= 11 is 0. The van der Waals surface area contributed by atoms with E-state index in [1.54, 1.807) is 24.8 Å². The lowest BCUT2D eigenvalue weighted by Gasteiger charge is -2.60. The minimum Gasteiger partial charge on any atom is -0.304 e. The van der Waals surface area contributed by atoms with Crippen molar-refractivity contribution < 1.29 is 0 Å². The molecule has 0 radical (unpaired) electrons. The van der Waals surface area contributed by atoms with E-state index in [9.17, 15) is 0 Å². The molecule has 2 heteroatoms. The van der Waals surface area contributed by atoms with Crippen molar-refractivity contribution in [1.29, 1.82) is 0 Å². The molecule has 4 bridgehead atoms. The van der Waals surface area contributed by atoms with Crippen LogP contribution in [0.4, 0.5) is 0 Å². The van der Waals surface area contributed by atoms with Gasteiger partial charge >= 0.3 is 0 Å². The Morgan fingerprint density at radius 3 is 2.07 bits per heavy atom. The number of hydrogen-bond donors (Lipinski definition) is 0. The topological polar surface area (TPSA) is 6.48 Å². The number of likely N-dealkylation sites (N-methyl/N-ethyl adjacent to an activating group) is 1. The Balaban J connectivity index is 1.24. The Labute approximate surface area is 172 Å². The molecule has 154 valence electrons. The van der Waals surface area contributed by atoms with Crippen LogP contribution in [0.2, 0.25) is 0 Å². The number of nitrogens with zero attached hydrogens (tertiary/aromatic N) is 2. The second-order valence-electron chi connectivity index (χ2n) is 10.9. The van der Waals surface area contributed by atoms with Crippen LogP contribution in [0.25, 0.3) is 0 Å². The normalized spacial score (nSPS) is 36.7. The van der Waals surface area contributed by atoms with Crippen LogP contribution < -0.4 is 0 Å². The van der Waals surface area contributed by atoms with Gasteiger partial charge in [0.25, 0.3) is 0 Å². The number of hydrogen-bond acceptors (Lipinski definition) is 2. The number of unbranched alkanes of at least 4 members (excludes halogenated alkanes) is 1. The van der Waals surface area contributed by atoms with Gasteiger partial charge in [-0.1, -0.05) is 36.8 Å². The fourth-order valence-electron chi connectivity index (χ4n) is 7.87. The summed E-state index contributed by atoms with van der Waals surface area (Å²) in [5.41, 5.74) is 2.30. The second-order valence-corrected chi connectivity index (χ2v) is 10.9. The van der Waals surface area contributed by atoms with Gasteiger partial charge in [0.05, 0.1) is 0 Å². The first-order chi connectivity index (χ1) is 13.7. The molecule has 5 aliphatic rings. The summed E-state index contributed by atoms with van der Waals surface area (Å²) < 4.78 is 0. The van der Waals surface area contributed by atoms with E-state index in [2.05, 4.69) is 47.2 Å². The lowest BCUT2D eigenvalue weighted by Crippen LogP contribution is -2.49. The maximum atomic E-state index is 2.70. The average Bonchev–Trinajstić information content (AvgIpc) is 2.69. The van der Waals surface area contributed by atoms with Crippen molar-refractivity contribution in [2.45, 2.75) is 63.7 Å². The Morgan fingerprint density at radius 1 is 0.857 bits per heavy atom. The van der Waals surface area contributed by atoms with Gasteiger partial charge in [0, 0.05) is 26.2 Å². The fraction of sp³-hybridized carbons (Fsp3) is 0.769. The Hall–Kier alpha value is -0.860. The van der Waals surface area contributed by atoms with E-state index in [0.717, 1.165) is 23.7 Å². The molecule has 1 atom stereocenters. The van der Waals surface area contributed by atoms with Crippen molar-refractivity contribution in [3.05, 3.63) is 35.9 Å². The molecule has 28 heavy (non-hydrogen) atoms. The first kappa shape index (κ1) is 19.1. The fourth-order valence-corrected chi connectivity index (χ4v) is 7.87. The van der Waals surface area contributed by atoms with Gasteiger partial charge in [-0.2, -0.15) is 0 Å². The van der Waals surface area contributed by atoms with Gasteiger partial charge in [-0.05, 0) is 99.6 Å². The molecule has 0 N–H and O–H groups in total. The summed E-state index contributed by atoms with van der Waals surface area (Å²) in [7, 11) is 2.26. The molecule has 6 rings (SSSR count). The van der Waals surface area contributed by atoms with Gasteiger partial charge < -0.3 is 9.80 Å². The molecule has 5 fully saturated rings. The van der Waals surface area contributed by atoms with Crippen molar-refractivity contribution in [2.75, 3.05) is 39.8 Å². The zero-order valence-electron chi connectivity index (χ0n) is 18.0. The molecule has 1 saturated heterocycles. The van der Waals surface area contributed by atoms with Crippen molar-refractivity contribution in [3.8, 4) is 0 Å². The maximum Gasteiger partial charge on any atom is 0.0110 e. The third-order valence-electron chi connectivity index (χ3n) is 8.84. The summed E-state index contributed by atoms with van der Waals surface area (Å²) in [6.45, 7) is 6.36. The lowest BCUT2D eigenvalue weighted by atomic mass is 9.45. The quantitative estimate of drug-likeness (QED) is 0.584. The van der Waals surface area contributed by atoms with E-state index in [4.69, 9.17) is 0 Å². The summed E-state index contributed by atoms with van der Waals surface area (Å²) in [4.78, 5) is 5.16. The largest absolute Gasteiger partial charge is 0.304 e. The Bertz CT molecular complexity index is 596. The minimum atomic E-state index is 0.643. The highest BCUT2D eigenvalue weighted by atomic mass is 15.2. The maximum absolute atomic E-state index is 2.70. The molecule has 1 aromatic rings.